The lowest BCUT2D eigenvalue weighted by molar-refractivity contribution is 0.259. The molecule has 16 heavy (non-hydrogen) atoms. The summed E-state index contributed by atoms with van der Waals surface area (Å²) in [4.78, 5) is 2.19. The number of likely N-dealkylation sites (tertiary alicyclic amines) is 1. The van der Waals surface area contributed by atoms with Crippen LogP contribution in [0.25, 0.3) is 0 Å². The van der Waals surface area contributed by atoms with Crippen molar-refractivity contribution in [2.45, 2.75) is 32.4 Å². The zero-order chi connectivity index (χ0) is 11.7. The first-order valence-corrected chi connectivity index (χ1v) is 5.49. The van der Waals surface area contributed by atoms with Crippen LogP contribution in [0.1, 0.15) is 25.3 Å². The number of hydrogen-bond acceptors (Lipinski definition) is 2. The van der Waals surface area contributed by atoms with E-state index in [1.54, 1.807) is 0 Å². The van der Waals surface area contributed by atoms with Crippen LogP contribution in [0.15, 0.2) is 12.1 Å². The van der Waals surface area contributed by atoms with Gasteiger partial charge in [-0.1, -0.05) is 0 Å². The van der Waals surface area contributed by atoms with Gasteiger partial charge in [0.15, 0.2) is 17.4 Å². The topological polar surface area (TPSA) is 23.5 Å². The highest BCUT2D eigenvalue weighted by molar-refractivity contribution is 5.30. The monoisotopic (exact) mass is 227 g/mol. The van der Waals surface area contributed by atoms with Gasteiger partial charge in [0.25, 0.3) is 0 Å². The molecule has 0 saturated carbocycles. The van der Waals surface area contributed by atoms with E-state index < -0.39 is 17.4 Å². The van der Waals surface area contributed by atoms with Gasteiger partial charge >= 0.3 is 0 Å². The molecule has 0 aromatic heterocycles. The van der Waals surface area contributed by atoms with Crippen molar-refractivity contribution < 1.29 is 13.9 Å². The highest BCUT2D eigenvalue weighted by Gasteiger charge is 2.21. The molecule has 1 heterocycles. The highest BCUT2D eigenvalue weighted by Crippen LogP contribution is 2.24. The number of hydrogen-bond donors (Lipinski definition) is 1. The standard InChI is InChI=1S/C12H15F2NO/c1-8-3-2-4-15(8)7-9-5-10(13)12(16)11(14)6-9/h5-6,8,16H,2-4,7H2,1H3. The minimum Gasteiger partial charge on any atom is -0.503 e. The lowest BCUT2D eigenvalue weighted by Crippen LogP contribution is -2.26. The average molecular weight is 227 g/mol. The smallest absolute Gasteiger partial charge is 0.187 e. The average Bonchev–Trinajstić information content (AvgIpc) is 2.61. The number of benzene rings is 1. The molecule has 1 saturated heterocycles. The Hall–Kier alpha value is -1.16. The van der Waals surface area contributed by atoms with Crippen LogP contribution in [0, 0.1) is 11.6 Å². The lowest BCUT2D eigenvalue weighted by atomic mass is 10.1. The Morgan fingerprint density at radius 1 is 1.38 bits per heavy atom. The van der Waals surface area contributed by atoms with Gasteiger partial charge in [0, 0.05) is 12.6 Å². The molecule has 1 unspecified atom stereocenters. The third-order valence-electron chi connectivity index (χ3n) is 3.15. The molecular weight excluding hydrogens is 212 g/mol. The van der Waals surface area contributed by atoms with Gasteiger partial charge in [-0.2, -0.15) is 0 Å². The first-order chi connectivity index (χ1) is 7.58. The van der Waals surface area contributed by atoms with Crippen LogP contribution in [-0.4, -0.2) is 22.6 Å². The quantitative estimate of drug-likeness (QED) is 0.839. The maximum absolute atomic E-state index is 13.1. The van der Waals surface area contributed by atoms with E-state index in [9.17, 15) is 8.78 Å². The summed E-state index contributed by atoms with van der Waals surface area (Å²) in [5.41, 5.74) is 0.571. The van der Waals surface area contributed by atoms with E-state index in [2.05, 4.69) is 11.8 Å². The lowest BCUT2D eigenvalue weighted by Gasteiger charge is -2.21. The van der Waals surface area contributed by atoms with E-state index in [4.69, 9.17) is 5.11 Å². The number of phenolic OH excluding ortho intramolecular Hbond substituents is 1. The number of rotatable bonds is 2. The summed E-state index contributed by atoms with van der Waals surface area (Å²) in [6, 6.07) is 2.85. The van der Waals surface area contributed by atoms with Gasteiger partial charge in [-0.05, 0) is 44.0 Å². The van der Waals surface area contributed by atoms with E-state index in [0.717, 1.165) is 19.4 Å². The number of nitrogens with zero attached hydrogens (tertiary/aromatic N) is 1. The molecule has 0 aliphatic carbocycles. The molecular formula is C12H15F2NO. The van der Waals surface area contributed by atoms with Gasteiger partial charge in [0.2, 0.25) is 0 Å². The second-order valence-electron chi connectivity index (χ2n) is 4.37. The van der Waals surface area contributed by atoms with Gasteiger partial charge in [0.1, 0.15) is 0 Å². The Morgan fingerprint density at radius 3 is 2.50 bits per heavy atom. The molecule has 1 aliphatic rings. The molecule has 0 radical (unpaired) electrons. The predicted molar refractivity (Wildman–Crippen MR) is 57.1 cm³/mol. The molecule has 2 rings (SSSR count). The number of aromatic hydroxyl groups is 1. The normalized spacial score (nSPS) is 21.6. The summed E-state index contributed by atoms with van der Waals surface area (Å²) in [5.74, 6) is -2.66. The first kappa shape index (κ1) is 11.3. The summed E-state index contributed by atoms with van der Waals surface area (Å²) >= 11 is 0. The third-order valence-corrected chi connectivity index (χ3v) is 3.15. The van der Waals surface area contributed by atoms with Crippen molar-refractivity contribution in [1.82, 2.24) is 4.90 Å². The van der Waals surface area contributed by atoms with Crippen LogP contribution in [0.5, 0.6) is 5.75 Å². The molecule has 0 spiro atoms. The van der Waals surface area contributed by atoms with Crippen LogP contribution in [-0.2, 0) is 6.54 Å². The first-order valence-electron chi connectivity index (χ1n) is 5.49. The fraction of sp³-hybridized carbons (Fsp3) is 0.500. The molecule has 1 N–H and O–H groups in total. The number of phenols is 1. The summed E-state index contributed by atoms with van der Waals surface area (Å²) < 4.78 is 26.2. The molecule has 1 atom stereocenters. The predicted octanol–water partition coefficient (Wildman–Crippen LogP) is 2.65. The molecule has 1 aliphatic heterocycles. The van der Waals surface area contributed by atoms with Crippen LogP contribution < -0.4 is 0 Å². The third kappa shape index (κ3) is 2.16. The Kier molecular flexibility index (Phi) is 3.10. The molecule has 88 valence electrons. The van der Waals surface area contributed by atoms with Gasteiger partial charge in [-0.25, -0.2) is 8.78 Å². The van der Waals surface area contributed by atoms with Crippen molar-refractivity contribution in [2.75, 3.05) is 6.54 Å². The summed E-state index contributed by atoms with van der Waals surface area (Å²) in [7, 11) is 0. The fourth-order valence-corrected chi connectivity index (χ4v) is 2.17. The Labute approximate surface area is 93.5 Å². The summed E-state index contributed by atoms with van der Waals surface area (Å²) in [5, 5.41) is 8.98. The van der Waals surface area contributed by atoms with Crippen LogP contribution in [0.4, 0.5) is 8.78 Å². The molecule has 0 bridgehead atoms. The molecule has 1 aromatic rings. The van der Waals surface area contributed by atoms with Crippen LogP contribution in [0.2, 0.25) is 0 Å². The Bertz CT molecular complexity index is 372. The van der Waals surface area contributed by atoms with Gasteiger partial charge in [-0.3, -0.25) is 4.90 Å². The number of halogens is 2. The van der Waals surface area contributed by atoms with Crippen molar-refractivity contribution in [3.8, 4) is 5.75 Å². The van der Waals surface area contributed by atoms with E-state index in [1.807, 2.05) is 0 Å². The molecule has 1 aromatic carbocycles. The minimum absolute atomic E-state index is 0.458. The largest absolute Gasteiger partial charge is 0.503 e. The van der Waals surface area contributed by atoms with Crippen LogP contribution in [0.3, 0.4) is 0 Å². The van der Waals surface area contributed by atoms with Crippen molar-refractivity contribution >= 4 is 0 Å². The second kappa shape index (κ2) is 4.37. The highest BCUT2D eigenvalue weighted by atomic mass is 19.1. The van der Waals surface area contributed by atoms with Crippen LogP contribution >= 0.6 is 0 Å². The zero-order valence-corrected chi connectivity index (χ0v) is 9.21. The maximum atomic E-state index is 13.1. The summed E-state index contributed by atoms with van der Waals surface area (Å²) in [6.45, 7) is 3.61. The van der Waals surface area contributed by atoms with E-state index >= 15 is 0 Å². The minimum atomic E-state index is -0.891. The summed E-state index contributed by atoms with van der Waals surface area (Å²) in [6.07, 6.45) is 2.26. The molecule has 4 heteroatoms. The second-order valence-corrected chi connectivity index (χ2v) is 4.37. The van der Waals surface area contributed by atoms with Crippen molar-refractivity contribution in [1.29, 1.82) is 0 Å². The molecule has 0 amide bonds. The molecule has 1 fully saturated rings. The maximum Gasteiger partial charge on any atom is 0.187 e. The van der Waals surface area contributed by atoms with Gasteiger partial charge in [-0.15, -0.1) is 0 Å². The van der Waals surface area contributed by atoms with Crippen molar-refractivity contribution in [2.24, 2.45) is 0 Å². The fourth-order valence-electron chi connectivity index (χ4n) is 2.17. The van der Waals surface area contributed by atoms with E-state index in [-0.39, 0.29) is 0 Å². The Morgan fingerprint density at radius 2 is 2.00 bits per heavy atom. The molecule has 2 nitrogen and oxygen atoms in total. The van der Waals surface area contributed by atoms with E-state index in [0.29, 0.717) is 18.2 Å². The van der Waals surface area contributed by atoms with E-state index in [1.165, 1.54) is 12.1 Å². The van der Waals surface area contributed by atoms with Crippen molar-refractivity contribution in [3.63, 3.8) is 0 Å². The van der Waals surface area contributed by atoms with Gasteiger partial charge in [0.05, 0.1) is 0 Å². The SMILES string of the molecule is CC1CCCN1Cc1cc(F)c(O)c(F)c1. The van der Waals surface area contributed by atoms with Gasteiger partial charge < -0.3 is 5.11 Å². The zero-order valence-electron chi connectivity index (χ0n) is 9.21. The van der Waals surface area contributed by atoms with Crippen molar-refractivity contribution in [3.05, 3.63) is 29.3 Å². The Balaban J connectivity index is 2.15.